The van der Waals surface area contributed by atoms with Gasteiger partial charge in [0, 0.05) is 31.0 Å². The summed E-state index contributed by atoms with van der Waals surface area (Å²) >= 11 is 1.64. The standard InChI is InChI=1S/C19H24N4O2S/c20-19-21-16-6-2-1-5-15(16)17(22-19)18(24)23(10-13-7-9-26-12-13)11-14-4-3-8-25-14/h7,9,12,14H,1-6,8,10-11H2,(H2,20,21,22). The van der Waals surface area contributed by atoms with Crippen molar-refractivity contribution in [2.45, 2.75) is 51.2 Å². The average Bonchev–Trinajstić information content (AvgIpc) is 3.34. The second-order valence-corrected chi connectivity index (χ2v) is 7.80. The summed E-state index contributed by atoms with van der Waals surface area (Å²) in [7, 11) is 0. The zero-order chi connectivity index (χ0) is 17.9. The zero-order valence-electron chi connectivity index (χ0n) is 14.8. The van der Waals surface area contributed by atoms with E-state index in [-0.39, 0.29) is 18.0 Å². The van der Waals surface area contributed by atoms with Gasteiger partial charge in [-0.05, 0) is 60.9 Å². The second kappa shape index (κ2) is 7.72. The van der Waals surface area contributed by atoms with Gasteiger partial charge in [-0.15, -0.1) is 0 Å². The molecule has 0 radical (unpaired) electrons. The minimum atomic E-state index is -0.0565. The van der Waals surface area contributed by atoms with Crippen molar-refractivity contribution >= 4 is 23.2 Å². The number of aryl methyl sites for hydroxylation is 1. The van der Waals surface area contributed by atoms with Gasteiger partial charge in [0.1, 0.15) is 5.69 Å². The molecule has 0 aromatic carbocycles. The number of thiophene rings is 1. The normalized spacial score (nSPS) is 19.3. The highest BCUT2D eigenvalue weighted by molar-refractivity contribution is 7.07. The van der Waals surface area contributed by atoms with Gasteiger partial charge >= 0.3 is 0 Å². The maximum absolute atomic E-state index is 13.4. The van der Waals surface area contributed by atoms with Crippen LogP contribution in [0.3, 0.4) is 0 Å². The van der Waals surface area contributed by atoms with E-state index in [9.17, 15) is 4.79 Å². The number of carbonyl (C=O) groups is 1. The summed E-state index contributed by atoms with van der Waals surface area (Å²) in [5.41, 5.74) is 9.46. The Morgan fingerprint density at radius 1 is 1.31 bits per heavy atom. The van der Waals surface area contributed by atoms with Crippen LogP contribution in [0.5, 0.6) is 0 Å². The highest BCUT2D eigenvalue weighted by Gasteiger charge is 2.28. The molecule has 2 aromatic heterocycles. The molecule has 0 spiro atoms. The molecule has 4 rings (SSSR count). The molecule has 1 amide bonds. The maximum Gasteiger partial charge on any atom is 0.273 e. The molecule has 0 bridgehead atoms. The Labute approximate surface area is 157 Å². The number of nitrogens with two attached hydrogens (primary N) is 1. The first-order valence-corrected chi connectivity index (χ1v) is 10.2. The van der Waals surface area contributed by atoms with Crippen LogP contribution in [0.15, 0.2) is 16.8 Å². The van der Waals surface area contributed by atoms with Crippen LogP contribution in [0.1, 0.15) is 53.0 Å². The van der Waals surface area contributed by atoms with Crippen molar-refractivity contribution in [2.24, 2.45) is 0 Å². The molecule has 1 aliphatic carbocycles. The van der Waals surface area contributed by atoms with Crippen molar-refractivity contribution in [1.29, 1.82) is 0 Å². The number of aromatic nitrogens is 2. The Kier molecular flexibility index (Phi) is 5.17. The average molecular weight is 372 g/mol. The van der Waals surface area contributed by atoms with E-state index >= 15 is 0 Å². The van der Waals surface area contributed by atoms with Crippen LogP contribution in [0.2, 0.25) is 0 Å². The molecule has 2 aliphatic rings. The number of nitrogens with zero attached hydrogens (tertiary/aromatic N) is 3. The van der Waals surface area contributed by atoms with E-state index in [1.54, 1.807) is 11.3 Å². The molecule has 2 aromatic rings. The van der Waals surface area contributed by atoms with Gasteiger partial charge in [-0.25, -0.2) is 9.97 Å². The Balaban J connectivity index is 1.64. The Morgan fingerprint density at radius 2 is 2.19 bits per heavy atom. The number of hydrogen-bond acceptors (Lipinski definition) is 6. The van der Waals surface area contributed by atoms with E-state index in [0.717, 1.165) is 62.0 Å². The third-order valence-electron chi connectivity index (χ3n) is 5.09. The van der Waals surface area contributed by atoms with Crippen molar-refractivity contribution in [3.05, 3.63) is 39.3 Å². The first kappa shape index (κ1) is 17.4. The van der Waals surface area contributed by atoms with Gasteiger partial charge in [0.15, 0.2) is 0 Å². The number of fused-ring (bicyclic) bond motifs is 1. The highest BCUT2D eigenvalue weighted by atomic mass is 32.1. The molecular weight excluding hydrogens is 348 g/mol. The maximum atomic E-state index is 13.4. The fraction of sp³-hybridized carbons (Fsp3) is 0.526. The lowest BCUT2D eigenvalue weighted by molar-refractivity contribution is 0.0502. The minimum absolute atomic E-state index is 0.0565. The molecule has 6 nitrogen and oxygen atoms in total. The van der Waals surface area contributed by atoms with Crippen molar-refractivity contribution < 1.29 is 9.53 Å². The predicted octanol–water partition coefficient (Wildman–Crippen LogP) is 2.82. The quantitative estimate of drug-likeness (QED) is 0.873. The van der Waals surface area contributed by atoms with E-state index in [2.05, 4.69) is 21.4 Å². The topological polar surface area (TPSA) is 81.3 Å². The van der Waals surface area contributed by atoms with Crippen molar-refractivity contribution in [3.8, 4) is 0 Å². The number of ether oxygens (including phenoxy) is 1. The lowest BCUT2D eigenvalue weighted by Crippen LogP contribution is -2.38. The van der Waals surface area contributed by atoms with Crippen LogP contribution in [0.25, 0.3) is 0 Å². The van der Waals surface area contributed by atoms with E-state index in [0.29, 0.717) is 18.8 Å². The molecule has 7 heteroatoms. The summed E-state index contributed by atoms with van der Waals surface area (Å²) in [6.45, 7) is 1.94. The molecule has 1 atom stereocenters. The fourth-order valence-corrected chi connectivity index (χ4v) is 4.46. The van der Waals surface area contributed by atoms with Crippen molar-refractivity contribution in [1.82, 2.24) is 14.9 Å². The largest absolute Gasteiger partial charge is 0.376 e. The molecule has 1 aliphatic heterocycles. The van der Waals surface area contributed by atoms with Crippen LogP contribution in [-0.2, 0) is 24.1 Å². The van der Waals surface area contributed by atoms with Crippen molar-refractivity contribution in [2.75, 3.05) is 18.9 Å². The molecule has 2 N–H and O–H groups in total. The summed E-state index contributed by atoms with van der Waals surface area (Å²) in [5.74, 6) is 0.139. The van der Waals surface area contributed by atoms with Crippen LogP contribution < -0.4 is 5.73 Å². The molecule has 26 heavy (non-hydrogen) atoms. The summed E-state index contributed by atoms with van der Waals surface area (Å²) < 4.78 is 5.78. The van der Waals surface area contributed by atoms with E-state index in [1.165, 1.54) is 0 Å². The molecule has 0 saturated carbocycles. The van der Waals surface area contributed by atoms with E-state index < -0.39 is 0 Å². The van der Waals surface area contributed by atoms with Crippen LogP contribution in [0.4, 0.5) is 5.95 Å². The summed E-state index contributed by atoms with van der Waals surface area (Å²) in [4.78, 5) is 24.0. The van der Waals surface area contributed by atoms with E-state index in [1.807, 2.05) is 10.3 Å². The smallest absolute Gasteiger partial charge is 0.273 e. The molecule has 138 valence electrons. The number of amides is 1. The van der Waals surface area contributed by atoms with Crippen LogP contribution in [0, 0.1) is 0 Å². The van der Waals surface area contributed by atoms with Crippen LogP contribution >= 0.6 is 11.3 Å². The molecule has 1 fully saturated rings. The lowest BCUT2D eigenvalue weighted by atomic mass is 9.94. The SMILES string of the molecule is Nc1nc2c(c(C(=O)N(Cc3ccsc3)CC3CCCO3)n1)CCCC2. The number of rotatable bonds is 5. The molecular formula is C19H24N4O2S. The van der Waals surface area contributed by atoms with Gasteiger partial charge in [0.25, 0.3) is 5.91 Å². The Bertz CT molecular complexity index is 772. The number of nitrogen functional groups attached to an aromatic ring is 1. The first-order chi connectivity index (χ1) is 12.7. The molecule has 3 heterocycles. The van der Waals surface area contributed by atoms with Gasteiger partial charge in [0.2, 0.25) is 5.95 Å². The summed E-state index contributed by atoms with van der Waals surface area (Å²) in [6, 6.07) is 2.06. The van der Waals surface area contributed by atoms with Crippen LogP contribution in [-0.4, -0.2) is 40.0 Å². The van der Waals surface area contributed by atoms with E-state index in [4.69, 9.17) is 10.5 Å². The Morgan fingerprint density at radius 3 is 2.96 bits per heavy atom. The van der Waals surface area contributed by atoms with Gasteiger partial charge in [-0.1, -0.05) is 0 Å². The second-order valence-electron chi connectivity index (χ2n) is 7.02. The number of anilines is 1. The zero-order valence-corrected chi connectivity index (χ0v) is 15.6. The fourth-order valence-electron chi connectivity index (χ4n) is 3.80. The monoisotopic (exact) mass is 372 g/mol. The summed E-state index contributed by atoms with van der Waals surface area (Å²) in [6.07, 6.45) is 6.04. The third-order valence-corrected chi connectivity index (χ3v) is 5.82. The Hall–Kier alpha value is -1.99. The minimum Gasteiger partial charge on any atom is -0.376 e. The number of carbonyl (C=O) groups excluding carboxylic acids is 1. The summed E-state index contributed by atoms with van der Waals surface area (Å²) in [5, 5.41) is 4.12. The number of hydrogen-bond donors (Lipinski definition) is 1. The molecule has 1 saturated heterocycles. The first-order valence-electron chi connectivity index (χ1n) is 9.28. The highest BCUT2D eigenvalue weighted by Crippen LogP contribution is 2.25. The predicted molar refractivity (Wildman–Crippen MR) is 101 cm³/mol. The van der Waals surface area contributed by atoms with Gasteiger partial charge < -0.3 is 15.4 Å². The lowest BCUT2D eigenvalue weighted by Gasteiger charge is -2.27. The van der Waals surface area contributed by atoms with Gasteiger partial charge in [-0.3, -0.25) is 4.79 Å². The molecule has 1 unspecified atom stereocenters. The van der Waals surface area contributed by atoms with Crippen molar-refractivity contribution in [3.63, 3.8) is 0 Å². The van der Waals surface area contributed by atoms with Gasteiger partial charge in [-0.2, -0.15) is 11.3 Å². The van der Waals surface area contributed by atoms with Gasteiger partial charge in [0.05, 0.1) is 6.10 Å². The third kappa shape index (κ3) is 3.73.